The molecule has 5 heteroatoms. The number of methoxy groups -OCH3 is 1. The molecular formula is C6H7CuLiNO2. The van der Waals surface area contributed by atoms with Crippen LogP contribution in [0.5, 0.6) is 0 Å². The molecule has 0 aromatic carbocycles. The van der Waals surface area contributed by atoms with Crippen molar-refractivity contribution in [2.24, 2.45) is 0 Å². The molecule has 0 saturated carbocycles. The Balaban J connectivity index is -0.0000000564. The molecule has 0 heterocycles. The quantitative estimate of drug-likeness (QED) is 0.250. The van der Waals surface area contributed by atoms with E-state index in [9.17, 15) is 5.11 Å². The molecule has 0 bridgehead atoms. The molecular weight excluding hydrogens is 189 g/mol. The molecule has 0 atom stereocenters. The van der Waals surface area contributed by atoms with Gasteiger partial charge in [0, 0.05) is 18.9 Å². The van der Waals surface area contributed by atoms with Crippen LogP contribution in [0.3, 0.4) is 0 Å². The van der Waals surface area contributed by atoms with Crippen molar-refractivity contribution in [1.29, 1.82) is 5.26 Å². The van der Waals surface area contributed by atoms with Gasteiger partial charge in [-0.15, -0.1) is 5.73 Å². The van der Waals surface area contributed by atoms with Gasteiger partial charge in [0.15, 0.2) is 0 Å². The van der Waals surface area contributed by atoms with Gasteiger partial charge in [-0.1, -0.05) is 0 Å². The Morgan fingerprint density at radius 3 is 2.09 bits per heavy atom. The van der Waals surface area contributed by atoms with Crippen LogP contribution in [0.2, 0.25) is 0 Å². The van der Waals surface area contributed by atoms with E-state index in [4.69, 9.17) is 11.8 Å². The summed E-state index contributed by atoms with van der Waals surface area (Å²) < 4.78 is 4.21. The first kappa shape index (κ1) is 22.4. The fraction of sp³-hybridized carbons (Fsp3) is 0.333. The average Bonchev–Trinajstić information content (AvgIpc) is 1.93. The summed E-state index contributed by atoms with van der Waals surface area (Å²) in [7, 11) is 1.32. The predicted molar refractivity (Wildman–Crippen MR) is 35.0 cm³/mol. The van der Waals surface area contributed by atoms with Gasteiger partial charge in [-0.25, -0.2) is 0 Å². The normalized spacial score (nSPS) is 4.36. The largest absolute Gasteiger partial charge is 2.00 e. The zero-order valence-electron chi connectivity index (χ0n) is 6.64. The summed E-state index contributed by atoms with van der Waals surface area (Å²) in [5.74, 6) is -0.428. The monoisotopic (exact) mass is 195 g/mol. The molecule has 0 unspecified atom stereocenters. The molecule has 0 aliphatic heterocycles. The molecule has 0 amide bonds. The molecule has 2 radical (unpaired) electrons. The van der Waals surface area contributed by atoms with Gasteiger partial charge < -0.3 is 21.7 Å². The van der Waals surface area contributed by atoms with Crippen molar-refractivity contribution < 1.29 is 26.9 Å². The molecule has 0 aromatic heterocycles. The smallest absolute Gasteiger partial charge is 0.611 e. The van der Waals surface area contributed by atoms with Crippen molar-refractivity contribution in [3.8, 4) is 0 Å². The zero-order valence-corrected chi connectivity index (χ0v) is 7.58. The summed E-state index contributed by atoms with van der Waals surface area (Å²) in [6.45, 7) is 6.46. The first-order valence-corrected chi connectivity index (χ1v) is 2.16. The van der Waals surface area contributed by atoms with E-state index in [-0.39, 0.29) is 35.9 Å². The molecule has 0 N–H and O–H groups in total. The minimum Gasteiger partial charge on any atom is -0.611 e. The summed E-state index contributed by atoms with van der Waals surface area (Å²) in [6.07, 6.45) is 1.51. The molecule has 11 heavy (non-hydrogen) atoms. The van der Waals surface area contributed by atoms with Crippen LogP contribution in [0.25, 0.3) is 0 Å². The summed E-state index contributed by atoms with van der Waals surface area (Å²) >= 11 is 0. The number of allylic oxidation sites excluding steroid dienone is 1. The standard InChI is InChI=1S/C5H8O2.CN.Cu.Li/c1-3-4-5(6)7-2;1-2;;/h3,6H,1-2H3;;;/q;-1;+2;/p-1. The van der Waals surface area contributed by atoms with E-state index in [1.54, 1.807) is 6.92 Å². The summed E-state index contributed by atoms with van der Waals surface area (Å²) in [5, 5.41) is 16.3. The van der Waals surface area contributed by atoms with Crippen molar-refractivity contribution in [3.05, 3.63) is 24.3 Å². The second kappa shape index (κ2) is 22.6. The van der Waals surface area contributed by atoms with E-state index >= 15 is 0 Å². The van der Waals surface area contributed by atoms with E-state index in [1.807, 2.05) is 0 Å². The van der Waals surface area contributed by atoms with Crippen LogP contribution in [-0.4, -0.2) is 26.0 Å². The zero-order chi connectivity index (χ0) is 7.70. The third-order valence-electron chi connectivity index (χ3n) is 0.448. The van der Waals surface area contributed by atoms with Crippen LogP contribution in [0.4, 0.5) is 0 Å². The minimum atomic E-state index is -0.428. The van der Waals surface area contributed by atoms with Gasteiger partial charge in [0.1, 0.15) is 0 Å². The van der Waals surface area contributed by atoms with E-state index < -0.39 is 5.95 Å². The van der Waals surface area contributed by atoms with Crippen molar-refractivity contribution in [2.75, 3.05) is 7.11 Å². The predicted octanol–water partition coefficient (Wildman–Crippen LogP) is -0.277. The van der Waals surface area contributed by atoms with E-state index in [0.717, 1.165) is 0 Å². The maximum absolute atomic E-state index is 10.0. The number of hydrogen-bond donors (Lipinski definition) is 0. The first-order valence-electron chi connectivity index (χ1n) is 2.16. The van der Waals surface area contributed by atoms with Gasteiger partial charge in [-0.3, -0.25) is 0 Å². The summed E-state index contributed by atoms with van der Waals surface area (Å²) in [4.78, 5) is 0. The third-order valence-corrected chi connectivity index (χ3v) is 0.448. The fourth-order valence-electron chi connectivity index (χ4n) is 0.177. The number of nitrogens with zero attached hydrogens (tertiary/aromatic N) is 1. The van der Waals surface area contributed by atoms with Gasteiger partial charge in [0.05, 0.1) is 5.95 Å². The maximum atomic E-state index is 10.0. The molecule has 3 nitrogen and oxygen atoms in total. The Bertz CT molecular complexity index is 141. The van der Waals surface area contributed by atoms with Gasteiger partial charge in [-0.2, -0.15) is 0 Å². The Morgan fingerprint density at radius 1 is 1.64 bits per heavy atom. The van der Waals surface area contributed by atoms with Gasteiger partial charge in [0.25, 0.3) is 0 Å². The molecule has 0 saturated heterocycles. The first-order chi connectivity index (χ1) is 4.31. The molecule has 0 spiro atoms. The Hall–Kier alpha value is -0.273. The molecule has 0 aromatic rings. The maximum Gasteiger partial charge on any atom is 2.00 e. The van der Waals surface area contributed by atoms with Crippen LogP contribution in [-0.2, 0) is 21.8 Å². The van der Waals surface area contributed by atoms with Crippen molar-refractivity contribution >= 4 is 18.9 Å². The van der Waals surface area contributed by atoms with Crippen LogP contribution in [0.1, 0.15) is 6.92 Å². The third kappa shape index (κ3) is 26.0. The molecule has 60 valence electrons. The van der Waals surface area contributed by atoms with E-state index in [0.29, 0.717) is 0 Å². The van der Waals surface area contributed by atoms with Crippen molar-refractivity contribution in [2.45, 2.75) is 6.92 Å². The van der Waals surface area contributed by atoms with E-state index in [2.05, 4.69) is 10.5 Å². The van der Waals surface area contributed by atoms with Gasteiger partial charge >= 0.3 is 17.1 Å². The topological polar surface area (TPSA) is 56.1 Å². The number of rotatable bonds is 1. The Kier molecular flexibility index (Phi) is 46.1. The Morgan fingerprint density at radius 2 is 2.00 bits per heavy atom. The van der Waals surface area contributed by atoms with Crippen LogP contribution < -0.4 is 5.11 Å². The fourth-order valence-corrected chi connectivity index (χ4v) is 0.177. The minimum absolute atomic E-state index is 0. The van der Waals surface area contributed by atoms with Crippen LogP contribution >= 0.6 is 0 Å². The number of ether oxygens (including phenoxy) is 1. The van der Waals surface area contributed by atoms with Gasteiger partial charge in [-0.05, 0) is 20.1 Å². The summed E-state index contributed by atoms with van der Waals surface area (Å²) in [6, 6.07) is 0. The molecule has 0 fully saturated rings. The SMILES string of the molecule is CC=C=C([O-])OC.[C-]#N.[Cu+2].[Li]. The van der Waals surface area contributed by atoms with Crippen LogP contribution in [0, 0.1) is 11.8 Å². The number of hydrogen-bond acceptors (Lipinski definition) is 3. The van der Waals surface area contributed by atoms with Crippen molar-refractivity contribution in [3.63, 3.8) is 0 Å². The van der Waals surface area contributed by atoms with Crippen molar-refractivity contribution in [1.82, 2.24) is 0 Å². The Labute approximate surface area is 89.4 Å². The van der Waals surface area contributed by atoms with Gasteiger partial charge in [0.2, 0.25) is 0 Å². The second-order valence-corrected chi connectivity index (χ2v) is 0.925. The molecule has 0 aliphatic rings. The van der Waals surface area contributed by atoms with Crippen LogP contribution in [0.15, 0.2) is 17.8 Å². The summed E-state index contributed by atoms with van der Waals surface area (Å²) in [5.41, 5.74) is 2.31. The molecule has 0 aliphatic carbocycles. The average molecular weight is 196 g/mol. The molecule has 0 rings (SSSR count). The van der Waals surface area contributed by atoms with E-state index in [1.165, 1.54) is 13.2 Å². The second-order valence-electron chi connectivity index (χ2n) is 0.925.